The van der Waals surface area contributed by atoms with Gasteiger partial charge in [-0.2, -0.15) is 0 Å². The molecule has 0 saturated carbocycles. The summed E-state index contributed by atoms with van der Waals surface area (Å²) in [5.74, 6) is 0.0446. The van der Waals surface area contributed by atoms with E-state index in [1.54, 1.807) is 18.4 Å². The van der Waals surface area contributed by atoms with Gasteiger partial charge in [-0.15, -0.1) is 24.8 Å². The minimum Gasteiger partial charge on any atom is -0.384 e. The summed E-state index contributed by atoms with van der Waals surface area (Å²) in [4.78, 5) is 20.0. The van der Waals surface area contributed by atoms with E-state index in [1.807, 2.05) is 18.2 Å². The third kappa shape index (κ3) is 5.31. The third-order valence-electron chi connectivity index (χ3n) is 5.38. The molecule has 1 aromatic heterocycles. The van der Waals surface area contributed by atoms with Gasteiger partial charge < -0.3 is 25.0 Å². The van der Waals surface area contributed by atoms with Crippen LogP contribution in [0, 0.1) is 5.41 Å². The van der Waals surface area contributed by atoms with Crippen molar-refractivity contribution in [3.05, 3.63) is 18.2 Å². The van der Waals surface area contributed by atoms with Crippen LogP contribution in [-0.4, -0.2) is 64.0 Å². The molecule has 2 aliphatic heterocycles. The number of hydrogen-bond acceptors (Lipinski definition) is 7. The predicted octanol–water partition coefficient (Wildman–Crippen LogP) is 2.93. The maximum absolute atomic E-state index is 13.0. The van der Waals surface area contributed by atoms with Crippen LogP contribution in [0.1, 0.15) is 12.8 Å². The minimum absolute atomic E-state index is 0. The van der Waals surface area contributed by atoms with Crippen LogP contribution in [0.3, 0.4) is 0 Å². The van der Waals surface area contributed by atoms with E-state index < -0.39 is 5.41 Å². The normalized spacial score (nSPS) is 18.6. The molecule has 1 aromatic carbocycles. The van der Waals surface area contributed by atoms with Crippen molar-refractivity contribution in [3.63, 3.8) is 0 Å². The van der Waals surface area contributed by atoms with Gasteiger partial charge in [0.2, 0.25) is 5.91 Å². The number of fused-ring (bicyclic) bond motifs is 1. The van der Waals surface area contributed by atoms with Gasteiger partial charge in [0.15, 0.2) is 5.13 Å². The first-order valence-electron chi connectivity index (χ1n) is 9.45. The van der Waals surface area contributed by atoms with Crippen LogP contribution < -0.4 is 15.5 Å². The van der Waals surface area contributed by atoms with Crippen molar-refractivity contribution in [1.29, 1.82) is 0 Å². The number of nitrogens with one attached hydrogen (secondary N) is 2. The van der Waals surface area contributed by atoms with E-state index >= 15 is 0 Å². The van der Waals surface area contributed by atoms with Gasteiger partial charge in [0.25, 0.3) is 0 Å². The molecule has 0 radical (unpaired) electrons. The van der Waals surface area contributed by atoms with Gasteiger partial charge in [0.05, 0.1) is 35.5 Å². The Morgan fingerprint density at radius 1 is 1.31 bits per heavy atom. The molecule has 1 amide bonds. The fraction of sp³-hybridized carbons (Fsp3) is 0.579. The number of morpholine rings is 1. The number of amides is 1. The zero-order chi connectivity index (χ0) is 18.7. The first-order valence-corrected chi connectivity index (χ1v) is 10.3. The maximum Gasteiger partial charge on any atom is 0.233 e. The Hall–Kier alpha value is -1.16. The van der Waals surface area contributed by atoms with E-state index in [2.05, 4.69) is 15.5 Å². The number of thiazole rings is 1. The average Bonchev–Trinajstić information content (AvgIpc) is 3.13. The number of nitrogens with zero attached hydrogens (tertiary/aromatic N) is 2. The van der Waals surface area contributed by atoms with E-state index in [4.69, 9.17) is 14.5 Å². The number of halogens is 2. The minimum atomic E-state index is -0.457. The molecule has 29 heavy (non-hydrogen) atoms. The fourth-order valence-electron chi connectivity index (χ4n) is 3.76. The topological polar surface area (TPSA) is 75.7 Å². The highest BCUT2D eigenvalue weighted by molar-refractivity contribution is 7.22. The summed E-state index contributed by atoms with van der Waals surface area (Å²) in [5.41, 5.74) is 1.33. The van der Waals surface area contributed by atoms with Gasteiger partial charge in [0.1, 0.15) is 0 Å². The molecule has 4 rings (SSSR count). The second kappa shape index (κ2) is 10.7. The number of carbonyl (C=O) groups excluding carboxylic acids is 1. The van der Waals surface area contributed by atoms with Crippen LogP contribution in [0.4, 0.5) is 10.8 Å². The predicted molar refractivity (Wildman–Crippen MR) is 122 cm³/mol. The molecular weight excluding hydrogens is 435 g/mol. The molecule has 0 atom stereocenters. The number of piperidine rings is 1. The standard InChI is InChI=1S/C19H26N4O3S.2ClH/c1-25-13-19(4-6-20-7-5-19)17(24)21-14-2-3-15-16(12-14)27-18(22-15)23-8-10-26-11-9-23;;/h2-3,12,20H,4-11,13H2,1H3,(H,21,24);2*1H. The second-order valence-corrected chi connectivity index (χ2v) is 8.20. The summed E-state index contributed by atoms with van der Waals surface area (Å²) in [6.07, 6.45) is 1.58. The molecule has 7 nitrogen and oxygen atoms in total. The monoisotopic (exact) mass is 462 g/mol. The Bertz CT molecular complexity index is 802. The number of anilines is 2. The average molecular weight is 463 g/mol. The summed E-state index contributed by atoms with van der Waals surface area (Å²) in [6, 6.07) is 5.94. The van der Waals surface area contributed by atoms with Crippen LogP contribution in [0.25, 0.3) is 10.2 Å². The van der Waals surface area contributed by atoms with Crippen LogP contribution in [0.15, 0.2) is 18.2 Å². The number of methoxy groups -OCH3 is 1. The Morgan fingerprint density at radius 3 is 2.72 bits per heavy atom. The smallest absolute Gasteiger partial charge is 0.233 e. The molecule has 10 heteroatoms. The van der Waals surface area contributed by atoms with E-state index in [9.17, 15) is 4.79 Å². The zero-order valence-electron chi connectivity index (χ0n) is 16.4. The first kappa shape index (κ1) is 24.1. The maximum atomic E-state index is 13.0. The quantitative estimate of drug-likeness (QED) is 0.711. The van der Waals surface area contributed by atoms with Crippen molar-refractivity contribution < 1.29 is 14.3 Å². The Kier molecular flexibility index (Phi) is 8.93. The highest BCUT2D eigenvalue weighted by atomic mass is 35.5. The van der Waals surface area contributed by atoms with Crippen LogP contribution in [-0.2, 0) is 14.3 Å². The van der Waals surface area contributed by atoms with Crippen molar-refractivity contribution in [2.45, 2.75) is 12.8 Å². The van der Waals surface area contributed by atoms with Crippen molar-refractivity contribution >= 4 is 63.1 Å². The van der Waals surface area contributed by atoms with Gasteiger partial charge >= 0.3 is 0 Å². The molecule has 0 bridgehead atoms. The molecule has 0 aliphatic carbocycles. The molecule has 2 saturated heterocycles. The molecule has 2 fully saturated rings. The van der Waals surface area contributed by atoms with Crippen molar-refractivity contribution in [2.24, 2.45) is 5.41 Å². The van der Waals surface area contributed by atoms with Crippen LogP contribution >= 0.6 is 36.2 Å². The van der Waals surface area contributed by atoms with Gasteiger partial charge in [-0.05, 0) is 44.1 Å². The summed E-state index contributed by atoms with van der Waals surface area (Å²) in [5, 5.41) is 7.46. The van der Waals surface area contributed by atoms with E-state index in [0.717, 1.165) is 73.3 Å². The fourth-order valence-corrected chi connectivity index (χ4v) is 4.82. The lowest BCUT2D eigenvalue weighted by atomic mass is 9.78. The number of benzene rings is 1. The molecule has 162 valence electrons. The highest BCUT2D eigenvalue weighted by Gasteiger charge is 2.39. The SMILES string of the molecule is COCC1(C(=O)Nc2ccc3nc(N4CCOCC4)sc3c2)CCNCC1.Cl.Cl. The van der Waals surface area contributed by atoms with Crippen LogP contribution in [0.5, 0.6) is 0 Å². The Balaban J connectivity index is 0.00000150. The van der Waals surface area contributed by atoms with Crippen molar-refractivity contribution in [1.82, 2.24) is 10.3 Å². The molecular formula is C19H28Cl2N4O3S. The van der Waals surface area contributed by atoms with Crippen molar-refractivity contribution in [2.75, 3.05) is 63.3 Å². The molecule has 3 heterocycles. The lowest BCUT2D eigenvalue weighted by Crippen LogP contribution is -2.47. The van der Waals surface area contributed by atoms with Gasteiger partial charge in [0, 0.05) is 25.9 Å². The summed E-state index contributed by atoms with van der Waals surface area (Å²) >= 11 is 1.66. The molecule has 2 N–H and O–H groups in total. The summed E-state index contributed by atoms with van der Waals surface area (Å²) in [7, 11) is 1.66. The molecule has 2 aliphatic rings. The number of ether oxygens (including phenoxy) is 2. The second-order valence-electron chi connectivity index (χ2n) is 7.20. The number of hydrogen-bond donors (Lipinski definition) is 2. The lowest BCUT2D eigenvalue weighted by Gasteiger charge is -2.35. The molecule has 0 unspecified atom stereocenters. The number of rotatable bonds is 5. The summed E-state index contributed by atoms with van der Waals surface area (Å²) < 4.78 is 11.9. The van der Waals surface area contributed by atoms with Gasteiger partial charge in [-0.3, -0.25) is 4.79 Å². The largest absolute Gasteiger partial charge is 0.384 e. The first-order chi connectivity index (χ1) is 13.2. The highest BCUT2D eigenvalue weighted by Crippen LogP contribution is 2.33. The van der Waals surface area contributed by atoms with Gasteiger partial charge in [-0.1, -0.05) is 11.3 Å². The summed E-state index contributed by atoms with van der Waals surface area (Å²) in [6.45, 7) is 5.36. The Labute approximate surface area is 187 Å². The van der Waals surface area contributed by atoms with E-state index in [1.165, 1.54) is 0 Å². The van der Waals surface area contributed by atoms with Crippen LogP contribution in [0.2, 0.25) is 0 Å². The van der Waals surface area contributed by atoms with Crippen molar-refractivity contribution in [3.8, 4) is 0 Å². The van der Waals surface area contributed by atoms with E-state index in [0.29, 0.717) is 6.61 Å². The number of aromatic nitrogens is 1. The lowest BCUT2D eigenvalue weighted by molar-refractivity contribution is -0.130. The Morgan fingerprint density at radius 2 is 2.03 bits per heavy atom. The molecule has 2 aromatic rings. The van der Waals surface area contributed by atoms with Gasteiger partial charge in [-0.25, -0.2) is 4.98 Å². The molecule has 0 spiro atoms. The zero-order valence-corrected chi connectivity index (χ0v) is 18.9. The number of carbonyl (C=O) groups is 1. The van der Waals surface area contributed by atoms with E-state index in [-0.39, 0.29) is 30.7 Å². The third-order valence-corrected chi connectivity index (χ3v) is 6.46.